The highest BCUT2D eigenvalue weighted by molar-refractivity contribution is 5.90. The van der Waals surface area contributed by atoms with Crippen molar-refractivity contribution in [2.75, 3.05) is 6.61 Å². The number of hydrogen-bond donors (Lipinski definition) is 0. The molecule has 20 heavy (non-hydrogen) atoms. The van der Waals surface area contributed by atoms with Gasteiger partial charge in [0.25, 0.3) is 0 Å². The number of hydrogen-bond acceptors (Lipinski definition) is 3. The molecule has 0 spiro atoms. The molecule has 1 fully saturated rings. The van der Waals surface area contributed by atoms with Crippen molar-refractivity contribution in [3.8, 4) is 5.75 Å². The first-order valence-electron chi connectivity index (χ1n) is 6.09. The van der Waals surface area contributed by atoms with Gasteiger partial charge in [0, 0.05) is 19.1 Å². The lowest BCUT2D eigenvalue weighted by Gasteiger charge is -2.34. The summed E-state index contributed by atoms with van der Waals surface area (Å²) in [5.41, 5.74) is 0. The van der Waals surface area contributed by atoms with Gasteiger partial charge in [0.15, 0.2) is 29.3 Å². The van der Waals surface area contributed by atoms with Crippen LogP contribution in [0, 0.1) is 23.3 Å². The van der Waals surface area contributed by atoms with Crippen LogP contribution in [-0.4, -0.2) is 24.6 Å². The Labute approximate surface area is 112 Å². The molecule has 1 aliphatic rings. The second-order valence-electron chi connectivity index (χ2n) is 4.42. The van der Waals surface area contributed by atoms with Gasteiger partial charge in [-0.3, -0.25) is 4.79 Å². The molecule has 3 nitrogen and oxygen atoms in total. The van der Waals surface area contributed by atoms with Gasteiger partial charge < -0.3 is 9.47 Å². The van der Waals surface area contributed by atoms with Crippen molar-refractivity contribution in [3.63, 3.8) is 0 Å². The molecule has 7 heteroatoms. The van der Waals surface area contributed by atoms with Crippen LogP contribution in [-0.2, 0) is 9.53 Å². The fourth-order valence-corrected chi connectivity index (χ4v) is 1.82. The van der Waals surface area contributed by atoms with Crippen molar-refractivity contribution in [2.24, 2.45) is 0 Å². The van der Waals surface area contributed by atoms with Crippen LogP contribution in [0.4, 0.5) is 17.6 Å². The van der Waals surface area contributed by atoms with Crippen molar-refractivity contribution in [1.29, 1.82) is 0 Å². The predicted octanol–water partition coefficient (Wildman–Crippen LogP) is 2.76. The fourth-order valence-electron chi connectivity index (χ4n) is 1.82. The molecule has 2 unspecified atom stereocenters. The van der Waals surface area contributed by atoms with Gasteiger partial charge in [0.2, 0.25) is 11.6 Å². The van der Waals surface area contributed by atoms with Crippen molar-refractivity contribution in [1.82, 2.24) is 0 Å². The minimum atomic E-state index is -1.63. The number of benzene rings is 1. The Morgan fingerprint density at radius 3 is 2.30 bits per heavy atom. The first-order chi connectivity index (χ1) is 9.45. The maximum atomic E-state index is 13.4. The molecule has 0 amide bonds. The monoisotopic (exact) mass is 292 g/mol. The lowest BCUT2D eigenvalue weighted by atomic mass is 9.90. The smallest absolute Gasteiger partial charge is 0.203 e. The molecule has 1 aliphatic carbocycles. The van der Waals surface area contributed by atoms with Gasteiger partial charge in [-0.15, -0.1) is 0 Å². The van der Waals surface area contributed by atoms with E-state index in [9.17, 15) is 22.4 Å². The summed E-state index contributed by atoms with van der Waals surface area (Å²) in [5.74, 6) is -7.81. The molecule has 1 aromatic rings. The van der Waals surface area contributed by atoms with E-state index in [4.69, 9.17) is 9.47 Å². The van der Waals surface area contributed by atoms with E-state index in [0.29, 0.717) is 6.42 Å². The summed E-state index contributed by atoms with van der Waals surface area (Å²) < 4.78 is 62.9. The Hall–Kier alpha value is -1.63. The van der Waals surface area contributed by atoms with Crippen LogP contribution >= 0.6 is 0 Å². The summed E-state index contributed by atoms with van der Waals surface area (Å²) in [5, 5.41) is 0. The Bertz CT molecular complexity index is 507. The van der Waals surface area contributed by atoms with Gasteiger partial charge >= 0.3 is 0 Å². The van der Waals surface area contributed by atoms with E-state index in [1.807, 2.05) is 6.92 Å². The largest absolute Gasteiger partial charge is 0.480 e. The van der Waals surface area contributed by atoms with Crippen LogP contribution in [0.2, 0.25) is 0 Å². The van der Waals surface area contributed by atoms with Gasteiger partial charge in [-0.05, 0) is 6.42 Å². The van der Waals surface area contributed by atoms with Crippen molar-refractivity contribution < 1.29 is 31.8 Å². The summed E-state index contributed by atoms with van der Waals surface area (Å²) in [6.45, 7) is 2.10. The van der Waals surface area contributed by atoms with E-state index in [2.05, 4.69) is 0 Å². The number of carbonyl (C=O) groups excluding carboxylic acids is 1. The Morgan fingerprint density at radius 2 is 1.80 bits per heavy atom. The minimum Gasteiger partial charge on any atom is -0.480 e. The van der Waals surface area contributed by atoms with Gasteiger partial charge in [-0.25, -0.2) is 8.78 Å². The number of Topliss-reactive ketones (excluding diaryl/α,β-unsaturated/α-hetero) is 1. The fraction of sp³-hybridized carbons (Fsp3) is 0.462. The molecule has 0 aliphatic heterocycles. The molecular formula is C13H12F4O3. The summed E-state index contributed by atoms with van der Waals surface area (Å²) in [6.07, 6.45) is -1.38. The van der Waals surface area contributed by atoms with Crippen LogP contribution in [0.25, 0.3) is 0 Å². The molecule has 0 aromatic heterocycles. The van der Waals surface area contributed by atoms with E-state index in [1.54, 1.807) is 0 Å². The predicted molar refractivity (Wildman–Crippen MR) is 60.3 cm³/mol. The molecule has 0 radical (unpaired) electrons. The van der Waals surface area contributed by atoms with Gasteiger partial charge in [0.05, 0.1) is 0 Å². The number of ketones is 1. The molecule has 1 aromatic carbocycles. The second-order valence-corrected chi connectivity index (χ2v) is 4.42. The van der Waals surface area contributed by atoms with Crippen LogP contribution in [0.5, 0.6) is 5.75 Å². The Kier molecular flexibility index (Phi) is 4.27. The SMILES string of the molecule is CCCOC1C(=O)CC1Oc1c(F)c(F)cc(F)c1F. The number of rotatable bonds is 5. The number of halogens is 4. The van der Waals surface area contributed by atoms with Crippen LogP contribution in [0.3, 0.4) is 0 Å². The van der Waals surface area contributed by atoms with E-state index in [-0.39, 0.29) is 24.9 Å². The van der Waals surface area contributed by atoms with Crippen LogP contribution in [0.15, 0.2) is 6.07 Å². The molecule has 0 heterocycles. The van der Waals surface area contributed by atoms with Gasteiger partial charge in [-0.2, -0.15) is 8.78 Å². The summed E-state index contributed by atoms with van der Waals surface area (Å²) >= 11 is 0. The standard InChI is InChI=1S/C13H12F4O3/c1-2-3-19-12-8(18)5-9(12)20-13-10(16)6(14)4-7(15)11(13)17/h4,9,12H,2-3,5H2,1H3. The maximum Gasteiger partial charge on any atom is 0.203 e. The van der Waals surface area contributed by atoms with E-state index < -0.39 is 41.2 Å². The van der Waals surface area contributed by atoms with E-state index in [0.717, 1.165) is 0 Å². The molecule has 0 saturated heterocycles. The number of ether oxygens (including phenoxy) is 2. The molecule has 110 valence electrons. The highest BCUT2D eigenvalue weighted by Gasteiger charge is 2.43. The van der Waals surface area contributed by atoms with E-state index >= 15 is 0 Å². The van der Waals surface area contributed by atoms with Crippen molar-refractivity contribution in [3.05, 3.63) is 29.3 Å². The summed E-state index contributed by atoms with van der Waals surface area (Å²) in [6, 6.07) is 0.0918. The highest BCUT2D eigenvalue weighted by Crippen LogP contribution is 2.31. The van der Waals surface area contributed by atoms with Gasteiger partial charge in [-0.1, -0.05) is 6.92 Å². The molecule has 2 atom stereocenters. The molecule has 1 saturated carbocycles. The van der Waals surface area contributed by atoms with E-state index in [1.165, 1.54) is 0 Å². The third-order valence-electron chi connectivity index (χ3n) is 2.90. The van der Waals surface area contributed by atoms with Crippen LogP contribution in [0.1, 0.15) is 19.8 Å². The first kappa shape index (κ1) is 14.8. The second kappa shape index (κ2) is 5.78. The molecule has 0 bridgehead atoms. The average molecular weight is 292 g/mol. The topological polar surface area (TPSA) is 35.5 Å². The lowest BCUT2D eigenvalue weighted by Crippen LogP contribution is -2.52. The maximum absolute atomic E-state index is 13.4. The van der Waals surface area contributed by atoms with Crippen molar-refractivity contribution in [2.45, 2.75) is 32.0 Å². The highest BCUT2D eigenvalue weighted by atomic mass is 19.2. The third-order valence-corrected chi connectivity index (χ3v) is 2.90. The summed E-state index contributed by atoms with van der Waals surface area (Å²) in [4.78, 5) is 11.3. The zero-order valence-corrected chi connectivity index (χ0v) is 10.6. The zero-order chi connectivity index (χ0) is 14.9. The Morgan fingerprint density at radius 1 is 1.20 bits per heavy atom. The minimum absolute atomic E-state index is 0.0918. The third kappa shape index (κ3) is 2.63. The molecule has 0 N–H and O–H groups in total. The lowest BCUT2D eigenvalue weighted by molar-refractivity contribution is -0.155. The van der Waals surface area contributed by atoms with Crippen molar-refractivity contribution >= 4 is 5.78 Å². The summed E-state index contributed by atoms with van der Waals surface area (Å²) in [7, 11) is 0. The zero-order valence-electron chi connectivity index (χ0n) is 10.6. The Balaban J connectivity index is 2.16. The normalized spacial score (nSPS) is 21.8. The quantitative estimate of drug-likeness (QED) is 0.618. The molecule has 2 rings (SSSR count). The van der Waals surface area contributed by atoms with Crippen LogP contribution < -0.4 is 4.74 Å². The number of carbonyl (C=O) groups is 1. The average Bonchev–Trinajstić information content (AvgIpc) is 2.40. The van der Waals surface area contributed by atoms with Gasteiger partial charge in [0.1, 0.15) is 6.10 Å². The molecular weight excluding hydrogens is 280 g/mol. The first-order valence-corrected chi connectivity index (χ1v) is 6.09.